The lowest BCUT2D eigenvalue weighted by Crippen LogP contribution is -2.62. The number of rotatable bonds is 14. The smallest absolute Gasteiger partial charge is 0.387 e. The summed E-state index contributed by atoms with van der Waals surface area (Å²) in [5, 5.41) is 42.0. The molecule has 0 aliphatic carbocycles. The highest BCUT2D eigenvalue weighted by Gasteiger charge is 2.50. The molecule has 2 aliphatic heterocycles. The van der Waals surface area contributed by atoms with E-state index in [1.807, 2.05) is 13.8 Å². The number of aliphatic hydroxyl groups excluding tert-OH is 4. The number of aliphatic hydroxyl groups is 4. The molecule has 0 saturated carbocycles. The van der Waals surface area contributed by atoms with Gasteiger partial charge in [0.1, 0.15) is 48.8 Å². The predicted molar refractivity (Wildman–Crippen MR) is 121 cm³/mol. The molecule has 0 aromatic rings. The van der Waals surface area contributed by atoms with Crippen LogP contribution in [0.5, 0.6) is 0 Å². The van der Waals surface area contributed by atoms with Gasteiger partial charge in [0.25, 0.3) is 0 Å². The normalized spacial score (nSPS) is 38.0. The van der Waals surface area contributed by atoms with E-state index in [-0.39, 0.29) is 13.2 Å². The second kappa shape index (κ2) is 14.7. The van der Waals surface area contributed by atoms with Gasteiger partial charge in [-0.1, -0.05) is 13.8 Å². The zero-order valence-corrected chi connectivity index (χ0v) is 21.8. The van der Waals surface area contributed by atoms with Gasteiger partial charge in [0.15, 0.2) is 12.6 Å². The number of phosphoric acid groups is 1. The Bertz CT molecular complexity index is 679. The van der Waals surface area contributed by atoms with Crippen LogP contribution in [0.3, 0.4) is 0 Å². The topological polar surface area (TPSA) is 206 Å². The lowest BCUT2D eigenvalue weighted by Gasteiger charge is -2.44. The van der Waals surface area contributed by atoms with Crippen molar-refractivity contribution in [3.05, 3.63) is 0 Å². The van der Waals surface area contributed by atoms with E-state index in [0.29, 0.717) is 6.54 Å². The SMILES string of the molecule is CCN(CC)CCOC1[C@@H](OCC2O[C@H](OC)C(OP(=O)(O)O)[C@H](O)[C@@H]2O)OC(COC)[C@@H](O)[C@H]1O. The van der Waals surface area contributed by atoms with Gasteiger partial charge in [-0.15, -0.1) is 0 Å². The molecule has 2 saturated heterocycles. The molecule has 2 aliphatic rings. The molecule has 16 heteroatoms. The standard InChI is InChI=1S/C20H40NO14P/c1-5-21(6-2)7-8-31-17-15(24)13(22)11(9-29-3)34-20(17)32-10-12-14(23)16(25)18(19(30-4)33-12)35-36(26,27)28/h11-20,22-25H,5-10H2,1-4H3,(H2,26,27,28)/t11?,12?,13-,14-,15-,16-,17?,18?,19+,20+/m1/s1. The molecule has 0 aromatic heterocycles. The van der Waals surface area contributed by atoms with Gasteiger partial charge in [-0.2, -0.15) is 0 Å². The van der Waals surface area contributed by atoms with Gasteiger partial charge in [0.2, 0.25) is 0 Å². The summed E-state index contributed by atoms with van der Waals surface area (Å²) < 4.78 is 48.6. The quantitative estimate of drug-likeness (QED) is 0.123. The summed E-state index contributed by atoms with van der Waals surface area (Å²) in [5.41, 5.74) is 0. The predicted octanol–water partition coefficient (Wildman–Crippen LogP) is -2.61. The molecule has 2 rings (SSSR count). The van der Waals surface area contributed by atoms with Crippen molar-refractivity contribution in [3.63, 3.8) is 0 Å². The van der Waals surface area contributed by atoms with Crippen LogP contribution >= 0.6 is 7.82 Å². The first kappa shape index (κ1) is 31.9. The Morgan fingerprint density at radius 1 is 0.806 bits per heavy atom. The Morgan fingerprint density at radius 2 is 1.36 bits per heavy atom. The summed E-state index contributed by atoms with van der Waals surface area (Å²) >= 11 is 0. The molecular weight excluding hydrogens is 509 g/mol. The number of hydrogen-bond donors (Lipinski definition) is 6. The van der Waals surface area contributed by atoms with Gasteiger partial charge in [-0.25, -0.2) is 4.57 Å². The molecule has 0 bridgehead atoms. The maximum Gasteiger partial charge on any atom is 0.470 e. The molecule has 4 unspecified atom stereocenters. The Kier molecular flexibility index (Phi) is 13.0. The molecule has 214 valence electrons. The van der Waals surface area contributed by atoms with E-state index < -0.39 is 75.8 Å². The third-order valence-corrected chi connectivity index (χ3v) is 6.67. The molecule has 6 N–H and O–H groups in total. The zero-order chi connectivity index (χ0) is 27.0. The summed E-state index contributed by atoms with van der Waals surface area (Å²) in [5.74, 6) is 0. The van der Waals surface area contributed by atoms with Gasteiger partial charge in [-0.3, -0.25) is 4.52 Å². The first-order valence-corrected chi connectivity index (χ1v) is 13.2. The van der Waals surface area contributed by atoms with Crippen molar-refractivity contribution in [3.8, 4) is 0 Å². The third-order valence-electron chi connectivity index (χ3n) is 6.15. The monoisotopic (exact) mass is 549 g/mol. The Labute approximate surface area is 210 Å². The summed E-state index contributed by atoms with van der Waals surface area (Å²) in [6, 6.07) is 0. The van der Waals surface area contributed by atoms with Crippen LogP contribution in [0.15, 0.2) is 0 Å². The van der Waals surface area contributed by atoms with Crippen LogP contribution in [0.4, 0.5) is 0 Å². The molecule has 0 aromatic carbocycles. The van der Waals surface area contributed by atoms with E-state index in [2.05, 4.69) is 9.42 Å². The van der Waals surface area contributed by atoms with E-state index in [4.69, 9.17) is 38.2 Å². The average Bonchev–Trinajstić information content (AvgIpc) is 2.83. The molecule has 0 radical (unpaired) electrons. The Morgan fingerprint density at radius 3 is 1.89 bits per heavy atom. The van der Waals surface area contributed by atoms with Crippen molar-refractivity contribution in [2.24, 2.45) is 0 Å². The van der Waals surface area contributed by atoms with Crippen molar-refractivity contribution >= 4 is 7.82 Å². The van der Waals surface area contributed by atoms with E-state index in [1.54, 1.807) is 0 Å². The van der Waals surface area contributed by atoms with Gasteiger partial charge >= 0.3 is 7.82 Å². The Balaban J connectivity index is 2.09. The van der Waals surface area contributed by atoms with Crippen molar-refractivity contribution in [1.82, 2.24) is 4.90 Å². The average molecular weight is 550 g/mol. The molecule has 2 heterocycles. The second-order valence-electron chi connectivity index (χ2n) is 8.50. The molecule has 36 heavy (non-hydrogen) atoms. The van der Waals surface area contributed by atoms with Gasteiger partial charge in [0.05, 0.1) is 19.8 Å². The van der Waals surface area contributed by atoms with Crippen LogP contribution in [0.1, 0.15) is 13.8 Å². The van der Waals surface area contributed by atoms with E-state index in [9.17, 15) is 25.0 Å². The molecular formula is C20H40NO14P. The minimum Gasteiger partial charge on any atom is -0.387 e. The van der Waals surface area contributed by atoms with Crippen molar-refractivity contribution in [1.29, 1.82) is 0 Å². The number of hydrogen-bond acceptors (Lipinski definition) is 13. The fourth-order valence-electron chi connectivity index (χ4n) is 4.07. The minimum atomic E-state index is -5.03. The lowest BCUT2D eigenvalue weighted by atomic mass is 9.98. The van der Waals surface area contributed by atoms with Crippen LogP contribution in [-0.2, 0) is 37.5 Å². The first-order chi connectivity index (χ1) is 17.0. The van der Waals surface area contributed by atoms with Crippen LogP contribution in [0.25, 0.3) is 0 Å². The summed E-state index contributed by atoms with van der Waals surface area (Å²) in [6.07, 6.45) is -13.7. The third kappa shape index (κ3) is 8.59. The van der Waals surface area contributed by atoms with E-state index in [1.165, 1.54) is 14.2 Å². The number of phosphoric ester groups is 1. The minimum absolute atomic E-state index is 0.0430. The van der Waals surface area contributed by atoms with Crippen LogP contribution in [-0.4, -0.2) is 150 Å². The molecule has 10 atom stereocenters. The maximum atomic E-state index is 11.2. The van der Waals surface area contributed by atoms with Crippen molar-refractivity contribution in [2.75, 3.05) is 53.7 Å². The fraction of sp³-hybridized carbons (Fsp3) is 1.00. The van der Waals surface area contributed by atoms with Gasteiger partial charge < -0.3 is 63.5 Å². The first-order valence-electron chi connectivity index (χ1n) is 11.7. The maximum absolute atomic E-state index is 11.2. The highest BCUT2D eigenvalue weighted by Crippen LogP contribution is 2.41. The van der Waals surface area contributed by atoms with Crippen molar-refractivity contribution < 1.29 is 67.7 Å². The van der Waals surface area contributed by atoms with Crippen LogP contribution in [0, 0.1) is 0 Å². The zero-order valence-electron chi connectivity index (χ0n) is 20.9. The number of nitrogens with zero attached hydrogens (tertiary/aromatic N) is 1. The lowest BCUT2D eigenvalue weighted by molar-refractivity contribution is -0.332. The largest absolute Gasteiger partial charge is 0.470 e. The molecule has 0 amide bonds. The number of methoxy groups -OCH3 is 2. The van der Waals surface area contributed by atoms with Crippen molar-refractivity contribution in [2.45, 2.75) is 75.3 Å². The number of ether oxygens (including phenoxy) is 6. The summed E-state index contributed by atoms with van der Waals surface area (Å²) in [4.78, 5) is 20.3. The fourth-order valence-corrected chi connectivity index (χ4v) is 4.61. The summed E-state index contributed by atoms with van der Waals surface area (Å²) in [7, 11) is -2.46. The van der Waals surface area contributed by atoms with E-state index >= 15 is 0 Å². The Hall–Kier alpha value is -0.330. The number of likely N-dealkylation sites (N-methyl/N-ethyl adjacent to an activating group) is 1. The highest BCUT2D eigenvalue weighted by molar-refractivity contribution is 7.46. The molecule has 15 nitrogen and oxygen atoms in total. The van der Waals surface area contributed by atoms with Gasteiger partial charge in [-0.05, 0) is 13.1 Å². The van der Waals surface area contributed by atoms with Crippen LogP contribution in [0.2, 0.25) is 0 Å². The van der Waals surface area contributed by atoms with Crippen LogP contribution < -0.4 is 0 Å². The highest BCUT2D eigenvalue weighted by atomic mass is 31.2. The molecule has 0 spiro atoms. The van der Waals surface area contributed by atoms with E-state index in [0.717, 1.165) is 13.1 Å². The summed E-state index contributed by atoms with van der Waals surface area (Å²) in [6.45, 7) is 5.93. The van der Waals surface area contributed by atoms with Gasteiger partial charge in [0, 0.05) is 20.8 Å². The molecule has 2 fully saturated rings. The second-order valence-corrected chi connectivity index (χ2v) is 9.69.